The van der Waals surface area contributed by atoms with E-state index in [1.165, 1.54) is 43.6 Å². The predicted molar refractivity (Wildman–Crippen MR) is 115 cm³/mol. The molecule has 2 aromatic rings. The van der Waals surface area contributed by atoms with Crippen molar-refractivity contribution in [1.29, 1.82) is 0 Å². The second-order valence-corrected chi connectivity index (χ2v) is 8.05. The monoisotopic (exact) mass is 471 g/mol. The Morgan fingerprint density at radius 1 is 1.20 bits per heavy atom. The molecule has 7 nitrogen and oxygen atoms in total. The molecule has 1 aromatic carbocycles. The quantitative estimate of drug-likeness (QED) is 0.371. The van der Waals surface area contributed by atoms with Crippen LogP contribution >= 0.6 is 34.5 Å². The third-order valence-electron chi connectivity index (χ3n) is 4.68. The zero-order chi connectivity index (χ0) is 22.0. The number of hydrogen-bond donors (Lipinski definition) is 1. The molecule has 1 aromatic heterocycles. The molecule has 1 atom stereocenters. The van der Waals surface area contributed by atoms with E-state index in [4.69, 9.17) is 37.4 Å². The maximum absolute atomic E-state index is 12.9. The van der Waals surface area contributed by atoms with Gasteiger partial charge in [-0.05, 0) is 17.5 Å². The normalized spacial score (nSPS) is 18.2. The molecule has 3 rings (SSSR count). The zero-order valence-electron chi connectivity index (χ0n) is 16.4. The second kappa shape index (κ2) is 9.26. The van der Waals surface area contributed by atoms with Crippen LogP contribution in [0.1, 0.15) is 16.5 Å². The van der Waals surface area contributed by atoms with Gasteiger partial charge < -0.3 is 24.2 Å². The molecule has 0 bridgehead atoms. The van der Waals surface area contributed by atoms with E-state index in [9.17, 15) is 14.7 Å². The van der Waals surface area contributed by atoms with Crippen molar-refractivity contribution in [2.45, 2.75) is 6.04 Å². The second-order valence-electron chi connectivity index (χ2n) is 6.29. The summed E-state index contributed by atoms with van der Waals surface area (Å²) in [6.45, 7) is 0.417. The first kappa shape index (κ1) is 22.4. The summed E-state index contributed by atoms with van der Waals surface area (Å²) < 4.78 is 15.6. The summed E-state index contributed by atoms with van der Waals surface area (Å²) in [4.78, 5) is 27.7. The summed E-state index contributed by atoms with van der Waals surface area (Å²) in [5.74, 6) is -1.73. The van der Waals surface area contributed by atoms with Gasteiger partial charge in [-0.25, -0.2) is 0 Å². The largest absolute Gasteiger partial charge is 0.507 e. The van der Waals surface area contributed by atoms with Crippen LogP contribution in [0, 0.1) is 0 Å². The Hall–Kier alpha value is -2.26. The Balaban J connectivity index is 2.25. The van der Waals surface area contributed by atoms with Gasteiger partial charge in [-0.15, -0.1) is 11.3 Å². The molecule has 10 heteroatoms. The fraction of sp³-hybridized carbons (Fsp3) is 0.300. The molecule has 1 saturated heterocycles. The van der Waals surface area contributed by atoms with Crippen LogP contribution < -0.4 is 9.47 Å². The highest BCUT2D eigenvalue weighted by Crippen LogP contribution is 2.47. The van der Waals surface area contributed by atoms with E-state index in [1.807, 2.05) is 5.38 Å². The van der Waals surface area contributed by atoms with Crippen molar-refractivity contribution in [3.05, 3.63) is 49.6 Å². The number of methoxy groups -OCH3 is 3. The van der Waals surface area contributed by atoms with Crippen LogP contribution in [0.2, 0.25) is 10.0 Å². The number of benzene rings is 1. The molecule has 30 heavy (non-hydrogen) atoms. The summed E-state index contributed by atoms with van der Waals surface area (Å²) in [6.07, 6.45) is 0. The number of amides is 1. The van der Waals surface area contributed by atoms with Gasteiger partial charge in [-0.1, -0.05) is 29.3 Å². The number of thiophene rings is 1. The van der Waals surface area contributed by atoms with Gasteiger partial charge in [-0.3, -0.25) is 9.59 Å². The lowest BCUT2D eigenvalue weighted by Crippen LogP contribution is -2.32. The number of likely N-dealkylation sites (tertiary alicyclic amines) is 1. The maximum Gasteiger partial charge on any atom is 0.295 e. The number of hydrogen-bond acceptors (Lipinski definition) is 7. The fourth-order valence-corrected chi connectivity index (χ4v) is 4.87. The Labute approximate surface area is 187 Å². The SMILES string of the molecule is COCCN1C(=O)C(=O)/C(=C(\O)c2cc(Cl)c(OC)c(Cl)c2OC)C1c1cccs1. The molecule has 1 N–H and O–H groups in total. The lowest BCUT2D eigenvalue weighted by atomic mass is 9.99. The molecule has 1 aliphatic heterocycles. The smallest absolute Gasteiger partial charge is 0.295 e. The van der Waals surface area contributed by atoms with Crippen molar-refractivity contribution >= 4 is 52.0 Å². The van der Waals surface area contributed by atoms with Crippen LogP contribution in [0.15, 0.2) is 29.2 Å². The Morgan fingerprint density at radius 2 is 1.90 bits per heavy atom. The molecular weight excluding hydrogens is 453 g/mol. The van der Waals surface area contributed by atoms with Crippen molar-refractivity contribution in [2.75, 3.05) is 34.5 Å². The van der Waals surface area contributed by atoms with Gasteiger partial charge in [0.1, 0.15) is 10.8 Å². The third-order valence-corrected chi connectivity index (χ3v) is 6.23. The first-order valence-electron chi connectivity index (χ1n) is 8.78. The highest BCUT2D eigenvalue weighted by atomic mass is 35.5. The van der Waals surface area contributed by atoms with Gasteiger partial charge in [0.05, 0.1) is 43.0 Å². The third kappa shape index (κ3) is 3.76. The van der Waals surface area contributed by atoms with E-state index in [2.05, 4.69) is 0 Å². The molecule has 0 saturated carbocycles. The molecular formula is C20H19Cl2NO6S. The minimum atomic E-state index is -0.813. The number of Topliss-reactive ketones (excluding diaryl/α,β-unsaturated/α-hetero) is 1. The first-order valence-corrected chi connectivity index (χ1v) is 10.4. The average Bonchev–Trinajstić information content (AvgIpc) is 3.33. The lowest BCUT2D eigenvalue weighted by molar-refractivity contribution is -0.140. The van der Waals surface area contributed by atoms with Crippen LogP contribution in [0.3, 0.4) is 0 Å². The molecule has 0 aliphatic carbocycles. The van der Waals surface area contributed by atoms with Crippen molar-refractivity contribution in [3.63, 3.8) is 0 Å². The Bertz CT molecular complexity index is 1010. The maximum atomic E-state index is 12.9. The zero-order valence-corrected chi connectivity index (χ0v) is 18.7. The Morgan fingerprint density at radius 3 is 2.47 bits per heavy atom. The van der Waals surface area contributed by atoms with Gasteiger partial charge >= 0.3 is 0 Å². The van der Waals surface area contributed by atoms with E-state index in [0.717, 1.165) is 4.88 Å². The van der Waals surface area contributed by atoms with Crippen LogP contribution in [-0.2, 0) is 14.3 Å². The molecule has 1 aliphatic rings. The summed E-state index contributed by atoms with van der Waals surface area (Å²) >= 11 is 13.9. The minimum absolute atomic E-state index is 0.0373. The van der Waals surface area contributed by atoms with Crippen LogP contribution in [-0.4, -0.2) is 56.2 Å². The summed E-state index contributed by atoms with van der Waals surface area (Å²) in [6, 6.07) is 4.20. The average molecular weight is 472 g/mol. The predicted octanol–water partition coefficient (Wildman–Crippen LogP) is 4.14. The lowest BCUT2D eigenvalue weighted by Gasteiger charge is -2.24. The fourth-order valence-electron chi connectivity index (χ4n) is 3.33. The number of rotatable bonds is 7. The number of nitrogens with zero attached hydrogens (tertiary/aromatic N) is 1. The number of halogens is 2. The van der Waals surface area contributed by atoms with Crippen molar-refractivity contribution in [2.24, 2.45) is 0 Å². The number of ether oxygens (including phenoxy) is 3. The van der Waals surface area contributed by atoms with Gasteiger partial charge in [0.25, 0.3) is 11.7 Å². The highest BCUT2D eigenvalue weighted by molar-refractivity contribution is 7.10. The summed E-state index contributed by atoms with van der Waals surface area (Å²) in [7, 11) is 4.26. The van der Waals surface area contributed by atoms with Crippen molar-refractivity contribution in [1.82, 2.24) is 4.90 Å². The number of aliphatic hydroxyl groups is 1. The Kier molecular flexibility index (Phi) is 6.92. The molecule has 2 heterocycles. The van der Waals surface area contributed by atoms with Gasteiger partial charge in [0.2, 0.25) is 0 Å². The molecule has 160 valence electrons. The highest BCUT2D eigenvalue weighted by Gasteiger charge is 2.46. The topological polar surface area (TPSA) is 85.3 Å². The minimum Gasteiger partial charge on any atom is -0.507 e. The van der Waals surface area contributed by atoms with Gasteiger partial charge in [-0.2, -0.15) is 0 Å². The van der Waals surface area contributed by atoms with Crippen LogP contribution in [0.25, 0.3) is 5.76 Å². The van der Waals surface area contributed by atoms with Crippen LogP contribution in [0.5, 0.6) is 11.5 Å². The first-order chi connectivity index (χ1) is 14.4. The number of carbonyl (C=O) groups excluding carboxylic acids is 2. The summed E-state index contributed by atoms with van der Waals surface area (Å²) in [5.41, 5.74) is 0.00810. The van der Waals surface area contributed by atoms with E-state index in [-0.39, 0.29) is 45.8 Å². The van der Waals surface area contributed by atoms with E-state index < -0.39 is 23.5 Å². The number of ketones is 1. The number of aliphatic hydroxyl groups excluding tert-OH is 1. The van der Waals surface area contributed by atoms with E-state index in [1.54, 1.807) is 12.1 Å². The molecule has 1 fully saturated rings. The standard InChI is InChI=1S/C20H19Cl2NO6S/c1-27-7-6-23-15(12-5-4-8-30-12)13(17(25)20(23)26)16(24)10-9-11(21)19(29-3)14(22)18(10)28-2/h4-5,8-9,15,24H,6-7H2,1-3H3/b16-13-. The van der Waals surface area contributed by atoms with Crippen molar-refractivity contribution < 1.29 is 28.9 Å². The van der Waals surface area contributed by atoms with Crippen LogP contribution in [0.4, 0.5) is 0 Å². The molecule has 1 unspecified atom stereocenters. The van der Waals surface area contributed by atoms with E-state index >= 15 is 0 Å². The number of carbonyl (C=O) groups is 2. The van der Waals surface area contributed by atoms with Gasteiger partial charge in [0, 0.05) is 18.5 Å². The van der Waals surface area contributed by atoms with E-state index in [0.29, 0.717) is 0 Å². The molecule has 0 spiro atoms. The summed E-state index contributed by atoms with van der Waals surface area (Å²) in [5, 5.41) is 13.1. The van der Waals surface area contributed by atoms with Gasteiger partial charge in [0.15, 0.2) is 11.5 Å². The molecule has 0 radical (unpaired) electrons. The van der Waals surface area contributed by atoms with Crippen molar-refractivity contribution in [3.8, 4) is 11.5 Å². The molecule has 1 amide bonds.